The van der Waals surface area contributed by atoms with Crippen molar-refractivity contribution in [2.75, 3.05) is 0 Å². The fourth-order valence-electron chi connectivity index (χ4n) is 6.60. The molecule has 44 heavy (non-hydrogen) atoms. The van der Waals surface area contributed by atoms with Crippen molar-refractivity contribution in [3.05, 3.63) is 109 Å². The standard InChI is InChI=1S/C35H25Br2N3O4/c36-20-14-10-18(11-15-20)28-22-4-1-6-24(22)30(39-32(28)34(41)42)26-8-3-9-27(38-26)31-25-7-2-5-23(25)29(33(40-31)35(43)44)19-12-16-21(37)17-13-19/h3,8-17H,1-2,4-7H2,(H,41,42)(H,43,44). The maximum absolute atomic E-state index is 12.6. The molecule has 7 rings (SSSR count). The maximum Gasteiger partial charge on any atom is 0.355 e. The van der Waals surface area contributed by atoms with Crippen molar-refractivity contribution in [3.63, 3.8) is 0 Å². The van der Waals surface area contributed by atoms with Crippen molar-refractivity contribution in [1.82, 2.24) is 15.0 Å². The van der Waals surface area contributed by atoms with E-state index in [-0.39, 0.29) is 11.4 Å². The van der Waals surface area contributed by atoms with Crippen LogP contribution in [0.1, 0.15) is 56.1 Å². The van der Waals surface area contributed by atoms with Crippen LogP contribution >= 0.6 is 31.9 Å². The minimum Gasteiger partial charge on any atom is -0.476 e. The molecule has 3 heterocycles. The number of aromatic carboxylic acids is 2. The second-order valence-corrected chi connectivity index (χ2v) is 12.9. The molecule has 2 aliphatic carbocycles. The maximum atomic E-state index is 12.6. The number of carboxylic acid groups (broad SMARTS) is 2. The van der Waals surface area contributed by atoms with E-state index in [2.05, 4.69) is 31.9 Å². The molecule has 0 fully saturated rings. The van der Waals surface area contributed by atoms with Gasteiger partial charge in [-0.05, 0) is 108 Å². The molecule has 0 saturated carbocycles. The fraction of sp³-hybridized carbons (Fsp3) is 0.171. The summed E-state index contributed by atoms with van der Waals surface area (Å²) in [6.07, 6.45) is 4.84. The smallest absolute Gasteiger partial charge is 0.355 e. The SMILES string of the molecule is O=C(O)c1nc(-c2cccc(-c3nc(C(=O)O)c(-c4ccc(Br)cc4)c4c3CCC4)n2)c2c(c1-c1ccc(Br)cc1)CCC2. The van der Waals surface area contributed by atoms with Crippen LogP contribution in [0.2, 0.25) is 0 Å². The third kappa shape index (κ3) is 4.94. The first-order valence-electron chi connectivity index (χ1n) is 14.4. The Kier molecular flexibility index (Phi) is 7.38. The molecule has 218 valence electrons. The van der Waals surface area contributed by atoms with Crippen LogP contribution in [0.5, 0.6) is 0 Å². The van der Waals surface area contributed by atoms with E-state index >= 15 is 0 Å². The summed E-state index contributed by atoms with van der Waals surface area (Å²) in [7, 11) is 0. The van der Waals surface area contributed by atoms with Crippen LogP contribution in [0.25, 0.3) is 45.0 Å². The van der Waals surface area contributed by atoms with Gasteiger partial charge in [0.25, 0.3) is 0 Å². The van der Waals surface area contributed by atoms with Gasteiger partial charge in [-0.25, -0.2) is 24.5 Å². The lowest BCUT2D eigenvalue weighted by Gasteiger charge is -2.18. The molecule has 3 aromatic heterocycles. The van der Waals surface area contributed by atoms with E-state index in [1.54, 1.807) is 0 Å². The van der Waals surface area contributed by atoms with Crippen LogP contribution in [0.3, 0.4) is 0 Å². The normalized spacial score (nSPS) is 13.5. The Hall–Kier alpha value is -4.21. The van der Waals surface area contributed by atoms with Crippen LogP contribution in [-0.2, 0) is 25.7 Å². The summed E-state index contributed by atoms with van der Waals surface area (Å²) in [5.41, 5.74) is 9.16. The number of hydrogen-bond acceptors (Lipinski definition) is 5. The van der Waals surface area contributed by atoms with Gasteiger partial charge < -0.3 is 10.2 Å². The monoisotopic (exact) mass is 709 g/mol. The minimum absolute atomic E-state index is 0.00112. The Balaban J connectivity index is 1.40. The lowest BCUT2D eigenvalue weighted by molar-refractivity contribution is 0.0680. The zero-order valence-electron chi connectivity index (χ0n) is 23.4. The summed E-state index contributed by atoms with van der Waals surface area (Å²) in [6.45, 7) is 0. The summed E-state index contributed by atoms with van der Waals surface area (Å²) in [5.74, 6) is -2.19. The fourth-order valence-corrected chi connectivity index (χ4v) is 7.13. The Morgan fingerprint density at radius 1 is 0.545 bits per heavy atom. The zero-order valence-corrected chi connectivity index (χ0v) is 26.6. The van der Waals surface area contributed by atoms with Crippen molar-refractivity contribution in [2.45, 2.75) is 38.5 Å². The van der Waals surface area contributed by atoms with Crippen LogP contribution in [0, 0.1) is 0 Å². The van der Waals surface area contributed by atoms with Gasteiger partial charge in [0.2, 0.25) is 0 Å². The summed E-state index contributed by atoms with van der Waals surface area (Å²) < 4.78 is 1.83. The molecule has 0 amide bonds. The largest absolute Gasteiger partial charge is 0.476 e. The number of nitrogens with zero attached hydrogens (tertiary/aromatic N) is 3. The van der Waals surface area contributed by atoms with Crippen LogP contribution in [0.4, 0.5) is 0 Å². The molecule has 0 unspecified atom stereocenters. The highest BCUT2D eigenvalue weighted by Gasteiger charge is 2.30. The number of carboxylic acids is 2. The Labute approximate surface area is 270 Å². The number of hydrogen-bond donors (Lipinski definition) is 2. The Morgan fingerprint density at radius 3 is 1.32 bits per heavy atom. The predicted molar refractivity (Wildman–Crippen MR) is 175 cm³/mol. The van der Waals surface area contributed by atoms with Crippen LogP contribution in [-0.4, -0.2) is 37.1 Å². The number of benzene rings is 2. The molecular formula is C35H25Br2N3O4. The van der Waals surface area contributed by atoms with Crippen LogP contribution in [0.15, 0.2) is 75.7 Å². The van der Waals surface area contributed by atoms with Crippen molar-refractivity contribution in [1.29, 1.82) is 0 Å². The van der Waals surface area contributed by atoms with E-state index in [0.717, 1.165) is 80.9 Å². The topological polar surface area (TPSA) is 113 Å². The minimum atomic E-state index is -1.09. The third-order valence-corrected chi connectivity index (χ3v) is 9.49. The van der Waals surface area contributed by atoms with Gasteiger partial charge in [0, 0.05) is 20.1 Å². The molecule has 2 aromatic carbocycles. The van der Waals surface area contributed by atoms with Crippen molar-refractivity contribution in [3.8, 4) is 45.0 Å². The van der Waals surface area contributed by atoms with E-state index in [9.17, 15) is 19.8 Å². The van der Waals surface area contributed by atoms with E-state index in [1.165, 1.54) is 0 Å². The first-order chi connectivity index (χ1) is 21.3. The van der Waals surface area contributed by atoms with Gasteiger partial charge in [0.1, 0.15) is 0 Å². The lowest BCUT2D eigenvalue weighted by atomic mass is 9.93. The summed E-state index contributed by atoms with van der Waals surface area (Å²) in [5, 5.41) is 20.6. The van der Waals surface area contributed by atoms with Gasteiger partial charge in [-0.3, -0.25) is 0 Å². The van der Waals surface area contributed by atoms with Crippen molar-refractivity contribution < 1.29 is 19.8 Å². The van der Waals surface area contributed by atoms with Gasteiger partial charge in [-0.1, -0.05) is 62.2 Å². The highest BCUT2D eigenvalue weighted by Crippen LogP contribution is 2.42. The second kappa shape index (κ2) is 11.4. The van der Waals surface area contributed by atoms with Crippen LogP contribution < -0.4 is 0 Å². The molecule has 0 atom stereocenters. The number of halogens is 2. The number of aromatic nitrogens is 3. The molecular weight excluding hydrogens is 686 g/mol. The first kappa shape index (κ1) is 28.6. The number of fused-ring (bicyclic) bond motifs is 2. The first-order valence-corrected chi connectivity index (χ1v) is 16.0. The third-order valence-electron chi connectivity index (χ3n) is 8.44. The van der Waals surface area contributed by atoms with Gasteiger partial charge >= 0.3 is 11.9 Å². The second-order valence-electron chi connectivity index (χ2n) is 11.0. The molecule has 0 spiro atoms. The average Bonchev–Trinajstić information content (AvgIpc) is 3.71. The molecule has 2 N–H and O–H groups in total. The molecule has 2 aliphatic rings. The zero-order chi connectivity index (χ0) is 30.5. The molecule has 0 saturated heterocycles. The van der Waals surface area contributed by atoms with E-state index in [1.807, 2.05) is 66.7 Å². The molecule has 5 aromatic rings. The number of carbonyl (C=O) groups is 2. The van der Waals surface area contributed by atoms with E-state index in [4.69, 9.17) is 15.0 Å². The summed E-state index contributed by atoms with van der Waals surface area (Å²) >= 11 is 6.93. The number of rotatable bonds is 6. The van der Waals surface area contributed by atoms with E-state index < -0.39 is 11.9 Å². The van der Waals surface area contributed by atoms with Gasteiger partial charge in [-0.2, -0.15) is 0 Å². The molecule has 9 heteroatoms. The quantitative estimate of drug-likeness (QED) is 0.182. The summed E-state index contributed by atoms with van der Waals surface area (Å²) in [4.78, 5) is 39.6. The van der Waals surface area contributed by atoms with Gasteiger partial charge in [0.05, 0.1) is 22.8 Å². The van der Waals surface area contributed by atoms with E-state index in [0.29, 0.717) is 33.9 Å². The van der Waals surface area contributed by atoms with Crippen molar-refractivity contribution in [2.24, 2.45) is 0 Å². The molecule has 0 radical (unpaired) electrons. The Bertz CT molecular complexity index is 1850. The van der Waals surface area contributed by atoms with Gasteiger partial charge in [0.15, 0.2) is 11.4 Å². The van der Waals surface area contributed by atoms with Gasteiger partial charge in [-0.15, -0.1) is 0 Å². The van der Waals surface area contributed by atoms with Crippen molar-refractivity contribution >= 4 is 43.8 Å². The molecule has 0 bridgehead atoms. The highest BCUT2D eigenvalue weighted by molar-refractivity contribution is 9.10. The molecule has 0 aliphatic heterocycles. The highest BCUT2D eigenvalue weighted by atomic mass is 79.9. The summed E-state index contributed by atoms with van der Waals surface area (Å²) in [6, 6.07) is 20.8. The molecule has 7 nitrogen and oxygen atoms in total. The average molecular weight is 711 g/mol. The number of pyridine rings is 3. The Morgan fingerprint density at radius 2 is 0.932 bits per heavy atom. The predicted octanol–water partition coefficient (Wildman–Crippen LogP) is 8.44. The lowest BCUT2D eigenvalue weighted by Crippen LogP contribution is -2.10.